The van der Waals surface area contributed by atoms with Gasteiger partial charge in [0.2, 0.25) is 0 Å². The van der Waals surface area contributed by atoms with Crippen LogP contribution in [-0.2, 0) is 28.6 Å². The van der Waals surface area contributed by atoms with Crippen molar-refractivity contribution in [2.45, 2.75) is 329 Å². The number of ether oxygens (including phenoxy) is 3. The summed E-state index contributed by atoms with van der Waals surface area (Å²) in [6, 6.07) is 0. The van der Waals surface area contributed by atoms with Gasteiger partial charge in [-0.05, 0) is 25.2 Å². The van der Waals surface area contributed by atoms with Gasteiger partial charge in [-0.2, -0.15) is 0 Å². The van der Waals surface area contributed by atoms with E-state index in [2.05, 4.69) is 27.7 Å². The largest absolute Gasteiger partial charge is 0.462 e. The number of unbranched alkanes of at least 4 members (excludes halogenated alkanes) is 39. The van der Waals surface area contributed by atoms with Gasteiger partial charge in [0.25, 0.3) is 0 Å². The van der Waals surface area contributed by atoms with E-state index < -0.39 is 6.10 Å². The molecular weight excluding hydrogens is 781 g/mol. The van der Waals surface area contributed by atoms with Gasteiger partial charge in [0.1, 0.15) is 13.2 Å². The van der Waals surface area contributed by atoms with Crippen LogP contribution in [0.25, 0.3) is 0 Å². The molecule has 0 aliphatic rings. The fraction of sp³-hybridized carbons (Fsp3) is 0.947. The van der Waals surface area contributed by atoms with Crippen LogP contribution < -0.4 is 0 Å². The minimum absolute atomic E-state index is 0.0625. The molecule has 0 saturated carbocycles. The van der Waals surface area contributed by atoms with E-state index in [4.69, 9.17) is 14.2 Å². The predicted octanol–water partition coefficient (Wildman–Crippen LogP) is 18.6. The topological polar surface area (TPSA) is 78.9 Å². The molecule has 0 aromatic rings. The Morgan fingerprint density at radius 3 is 0.778 bits per heavy atom. The Morgan fingerprint density at radius 2 is 0.524 bits per heavy atom. The van der Waals surface area contributed by atoms with Crippen LogP contribution in [0.3, 0.4) is 0 Å². The highest BCUT2D eigenvalue weighted by Crippen LogP contribution is 2.18. The standard InChI is InChI=1S/C57H110O6/c1-5-7-9-11-13-14-15-16-17-20-24-27-30-33-37-41-45-49-56(59)62-52-54(51-61-55(58)48-44-40-35-12-10-8-6-2)63-57(60)50-46-42-38-34-31-28-25-22-19-18-21-23-26-29-32-36-39-43-47-53(3)4/h53-54H,5-52H2,1-4H3/t54-/m1/s1. The Hall–Kier alpha value is -1.59. The van der Waals surface area contributed by atoms with E-state index in [1.807, 2.05) is 0 Å². The van der Waals surface area contributed by atoms with Crippen molar-refractivity contribution in [3.05, 3.63) is 0 Å². The van der Waals surface area contributed by atoms with E-state index in [-0.39, 0.29) is 31.1 Å². The van der Waals surface area contributed by atoms with Crippen LogP contribution >= 0.6 is 0 Å². The van der Waals surface area contributed by atoms with E-state index in [0.717, 1.165) is 63.7 Å². The minimum atomic E-state index is -0.760. The maximum atomic E-state index is 12.8. The van der Waals surface area contributed by atoms with Gasteiger partial charge in [-0.3, -0.25) is 14.4 Å². The molecule has 0 heterocycles. The summed E-state index contributed by atoms with van der Waals surface area (Å²) in [7, 11) is 0. The summed E-state index contributed by atoms with van der Waals surface area (Å²) in [5, 5.41) is 0. The van der Waals surface area contributed by atoms with E-state index in [1.54, 1.807) is 0 Å². The highest BCUT2D eigenvalue weighted by atomic mass is 16.6. The molecule has 0 rings (SSSR count). The van der Waals surface area contributed by atoms with E-state index in [9.17, 15) is 14.4 Å². The normalized spacial score (nSPS) is 12.0. The Labute approximate surface area is 393 Å². The molecule has 6 nitrogen and oxygen atoms in total. The predicted molar refractivity (Wildman–Crippen MR) is 270 cm³/mol. The molecule has 0 saturated heterocycles. The summed E-state index contributed by atoms with van der Waals surface area (Å²) >= 11 is 0. The number of carbonyl (C=O) groups excluding carboxylic acids is 3. The van der Waals surface area contributed by atoms with E-state index in [1.165, 1.54) is 218 Å². The van der Waals surface area contributed by atoms with Crippen molar-refractivity contribution in [3.8, 4) is 0 Å². The lowest BCUT2D eigenvalue weighted by Crippen LogP contribution is -2.30. The maximum absolute atomic E-state index is 12.8. The lowest BCUT2D eigenvalue weighted by atomic mass is 10.0. The van der Waals surface area contributed by atoms with Gasteiger partial charge in [-0.15, -0.1) is 0 Å². The van der Waals surface area contributed by atoms with E-state index >= 15 is 0 Å². The monoisotopic (exact) mass is 891 g/mol. The second-order valence-corrected chi connectivity index (χ2v) is 20.1. The molecule has 0 spiro atoms. The van der Waals surface area contributed by atoms with Gasteiger partial charge in [0.05, 0.1) is 0 Å². The fourth-order valence-corrected chi connectivity index (χ4v) is 8.75. The number of hydrogen-bond donors (Lipinski definition) is 0. The van der Waals surface area contributed by atoms with Crippen LogP contribution in [0.4, 0.5) is 0 Å². The van der Waals surface area contributed by atoms with Gasteiger partial charge in [-0.1, -0.05) is 285 Å². The van der Waals surface area contributed by atoms with Crippen molar-refractivity contribution >= 4 is 17.9 Å². The van der Waals surface area contributed by atoms with Gasteiger partial charge in [0, 0.05) is 19.3 Å². The maximum Gasteiger partial charge on any atom is 0.306 e. The molecule has 0 aliphatic carbocycles. The molecular formula is C57H110O6. The molecule has 63 heavy (non-hydrogen) atoms. The molecule has 0 bridgehead atoms. The molecule has 0 radical (unpaired) electrons. The Bertz CT molecular complexity index is 949. The van der Waals surface area contributed by atoms with Crippen LogP contribution in [-0.4, -0.2) is 37.2 Å². The number of esters is 3. The summed E-state index contributed by atoms with van der Waals surface area (Å²) < 4.78 is 16.8. The van der Waals surface area contributed by atoms with Crippen molar-refractivity contribution in [2.24, 2.45) is 5.92 Å². The zero-order chi connectivity index (χ0) is 45.9. The van der Waals surface area contributed by atoms with Crippen molar-refractivity contribution in [3.63, 3.8) is 0 Å². The molecule has 0 aromatic carbocycles. The Balaban J connectivity index is 4.13. The van der Waals surface area contributed by atoms with E-state index in [0.29, 0.717) is 19.3 Å². The molecule has 6 heteroatoms. The third kappa shape index (κ3) is 51.3. The third-order valence-corrected chi connectivity index (χ3v) is 13.0. The average molecular weight is 892 g/mol. The minimum Gasteiger partial charge on any atom is -0.462 e. The summed E-state index contributed by atoms with van der Waals surface area (Å²) in [6.45, 7) is 9.03. The van der Waals surface area contributed by atoms with Crippen molar-refractivity contribution in [2.75, 3.05) is 13.2 Å². The fourth-order valence-electron chi connectivity index (χ4n) is 8.75. The summed E-state index contributed by atoms with van der Waals surface area (Å²) in [4.78, 5) is 37.9. The summed E-state index contributed by atoms with van der Waals surface area (Å²) in [5.74, 6) is 0.0134. The number of rotatable bonds is 52. The molecule has 0 fully saturated rings. The molecule has 0 unspecified atom stereocenters. The molecule has 1 atom stereocenters. The number of carbonyl (C=O) groups is 3. The quantitative estimate of drug-likeness (QED) is 0.0344. The Kier molecular flexibility index (Phi) is 50.1. The second kappa shape index (κ2) is 51.4. The van der Waals surface area contributed by atoms with Crippen LogP contribution in [0.1, 0.15) is 323 Å². The molecule has 0 N–H and O–H groups in total. The molecule has 0 aromatic heterocycles. The molecule has 0 aliphatic heterocycles. The van der Waals surface area contributed by atoms with Gasteiger partial charge in [0.15, 0.2) is 6.10 Å². The van der Waals surface area contributed by atoms with Crippen molar-refractivity contribution < 1.29 is 28.6 Å². The first-order valence-corrected chi connectivity index (χ1v) is 28.4. The Morgan fingerprint density at radius 1 is 0.302 bits per heavy atom. The van der Waals surface area contributed by atoms with Crippen molar-refractivity contribution in [1.82, 2.24) is 0 Å². The van der Waals surface area contributed by atoms with Crippen LogP contribution in [0, 0.1) is 5.92 Å². The third-order valence-electron chi connectivity index (χ3n) is 13.0. The zero-order valence-electron chi connectivity index (χ0n) is 43.0. The lowest BCUT2D eigenvalue weighted by molar-refractivity contribution is -0.167. The first-order chi connectivity index (χ1) is 30.9. The lowest BCUT2D eigenvalue weighted by Gasteiger charge is -2.18. The zero-order valence-corrected chi connectivity index (χ0v) is 43.0. The summed E-state index contributed by atoms with van der Waals surface area (Å²) in [5.41, 5.74) is 0. The first kappa shape index (κ1) is 61.4. The number of hydrogen-bond acceptors (Lipinski definition) is 6. The highest BCUT2D eigenvalue weighted by Gasteiger charge is 2.19. The SMILES string of the molecule is CCCCCCCCCCCCCCCCCCCC(=O)OC[C@@H](COC(=O)CCCCCCCCC)OC(=O)CCCCCCCCCCCCCCCCCCCCC(C)C. The van der Waals surface area contributed by atoms with Gasteiger partial charge < -0.3 is 14.2 Å². The first-order valence-electron chi connectivity index (χ1n) is 28.4. The molecule has 0 amide bonds. The summed E-state index contributed by atoms with van der Waals surface area (Å²) in [6.07, 6.45) is 55.4. The average Bonchev–Trinajstić information content (AvgIpc) is 3.27. The van der Waals surface area contributed by atoms with Crippen LogP contribution in [0.15, 0.2) is 0 Å². The van der Waals surface area contributed by atoms with Crippen LogP contribution in [0.5, 0.6) is 0 Å². The van der Waals surface area contributed by atoms with Crippen molar-refractivity contribution in [1.29, 1.82) is 0 Å². The smallest absolute Gasteiger partial charge is 0.306 e. The van der Waals surface area contributed by atoms with Gasteiger partial charge >= 0.3 is 17.9 Å². The van der Waals surface area contributed by atoms with Crippen LogP contribution in [0.2, 0.25) is 0 Å². The molecule has 374 valence electrons. The highest BCUT2D eigenvalue weighted by molar-refractivity contribution is 5.71. The van der Waals surface area contributed by atoms with Gasteiger partial charge in [-0.25, -0.2) is 0 Å². The second-order valence-electron chi connectivity index (χ2n) is 20.1.